The highest BCUT2D eigenvalue weighted by Crippen LogP contribution is 2.29. The number of thiophene rings is 1. The molecule has 27 heavy (non-hydrogen) atoms. The molecule has 1 atom stereocenters. The first-order valence-electron chi connectivity index (χ1n) is 7.92. The van der Waals surface area contributed by atoms with Gasteiger partial charge in [-0.1, -0.05) is 23.9 Å². The quantitative estimate of drug-likeness (QED) is 0.589. The van der Waals surface area contributed by atoms with Gasteiger partial charge in [-0.25, -0.2) is 4.39 Å². The minimum absolute atomic E-state index is 0.0964. The van der Waals surface area contributed by atoms with Gasteiger partial charge < -0.3 is 11.1 Å². The molecule has 0 aliphatic rings. The topological polar surface area (TPSA) is 103 Å². The van der Waals surface area contributed by atoms with Crippen molar-refractivity contribution in [3.8, 4) is 10.7 Å². The van der Waals surface area contributed by atoms with Gasteiger partial charge in [-0.3, -0.25) is 14.2 Å². The summed E-state index contributed by atoms with van der Waals surface area (Å²) in [4.78, 5) is 24.7. The van der Waals surface area contributed by atoms with Crippen molar-refractivity contribution in [2.24, 2.45) is 5.73 Å². The van der Waals surface area contributed by atoms with Crippen LogP contribution in [0.3, 0.4) is 0 Å². The van der Waals surface area contributed by atoms with E-state index in [1.807, 2.05) is 17.5 Å². The Morgan fingerprint density at radius 1 is 1.33 bits per heavy atom. The third-order valence-corrected chi connectivity index (χ3v) is 5.46. The maximum Gasteiger partial charge on any atom is 0.237 e. The van der Waals surface area contributed by atoms with Gasteiger partial charge in [-0.15, -0.1) is 21.5 Å². The Kier molecular flexibility index (Phi) is 5.87. The van der Waals surface area contributed by atoms with Crippen molar-refractivity contribution < 1.29 is 14.0 Å². The van der Waals surface area contributed by atoms with E-state index in [9.17, 15) is 14.0 Å². The van der Waals surface area contributed by atoms with Gasteiger partial charge in [0.2, 0.25) is 11.8 Å². The Morgan fingerprint density at radius 3 is 2.81 bits per heavy atom. The summed E-state index contributed by atoms with van der Waals surface area (Å²) in [6.45, 7) is 1.59. The number of carbonyl (C=O) groups excluding carboxylic acids is 2. The molecular formula is C17H16FN5O2S2. The molecule has 2 amide bonds. The van der Waals surface area contributed by atoms with Crippen molar-refractivity contribution in [2.75, 3.05) is 5.32 Å². The van der Waals surface area contributed by atoms with E-state index in [2.05, 4.69) is 15.5 Å². The highest BCUT2D eigenvalue weighted by molar-refractivity contribution is 8.00. The Morgan fingerprint density at radius 2 is 2.15 bits per heavy atom. The SMILES string of the molecule is CC(Sc1nnc(-c2cccs2)n1CC(N)=O)C(=O)Nc1cccc(F)c1. The number of halogens is 1. The molecule has 0 saturated carbocycles. The minimum Gasteiger partial charge on any atom is -0.368 e. The summed E-state index contributed by atoms with van der Waals surface area (Å²) in [6.07, 6.45) is 0. The van der Waals surface area contributed by atoms with E-state index in [4.69, 9.17) is 5.73 Å². The van der Waals surface area contributed by atoms with Crippen LogP contribution in [0.4, 0.5) is 10.1 Å². The average molecular weight is 405 g/mol. The molecule has 2 aromatic heterocycles. The largest absolute Gasteiger partial charge is 0.368 e. The van der Waals surface area contributed by atoms with Gasteiger partial charge >= 0.3 is 0 Å². The number of aromatic nitrogens is 3. The molecule has 1 aromatic carbocycles. The summed E-state index contributed by atoms with van der Waals surface area (Å²) in [6, 6.07) is 9.38. The van der Waals surface area contributed by atoms with Gasteiger partial charge in [0, 0.05) is 5.69 Å². The Hall–Kier alpha value is -2.72. The van der Waals surface area contributed by atoms with Crippen LogP contribution in [0.1, 0.15) is 6.92 Å². The van der Waals surface area contributed by atoms with Crippen molar-refractivity contribution >= 4 is 40.6 Å². The molecule has 10 heteroatoms. The maximum absolute atomic E-state index is 13.3. The molecule has 3 aromatic rings. The van der Waals surface area contributed by atoms with Gasteiger partial charge in [0.15, 0.2) is 11.0 Å². The van der Waals surface area contributed by atoms with Crippen LogP contribution in [0.15, 0.2) is 46.9 Å². The molecule has 0 bridgehead atoms. The third kappa shape index (κ3) is 4.72. The molecule has 0 radical (unpaired) electrons. The lowest BCUT2D eigenvalue weighted by Gasteiger charge is -2.13. The summed E-state index contributed by atoms with van der Waals surface area (Å²) < 4.78 is 14.8. The van der Waals surface area contributed by atoms with E-state index in [1.165, 1.54) is 29.5 Å². The van der Waals surface area contributed by atoms with E-state index in [0.717, 1.165) is 16.6 Å². The molecule has 0 aliphatic carbocycles. The lowest BCUT2D eigenvalue weighted by molar-refractivity contribution is -0.118. The van der Waals surface area contributed by atoms with E-state index in [0.29, 0.717) is 16.7 Å². The number of primary amides is 1. The monoisotopic (exact) mass is 405 g/mol. The Labute approximate surface area is 162 Å². The van der Waals surface area contributed by atoms with Crippen molar-refractivity contribution in [3.05, 3.63) is 47.6 Å². The molecular weight excluding hydrogens is 389 g/mol. The number of anilines is 1. The number of benzene rings is 1. The number of nitrogens with one attached hydrogen (secondary N) is 1. The fourth-order valence-electron chi connectivity index (χ4n) is 2.28. The molecule has 1 unspecified atom stereocenters. The summed E-state index contributed by atoms with van der Waals surface area (Å²) in [7, 11) is 0. The molecule has 0 aliphatic heterocycles. The smallest absolute Gasteiger partial charge is 0.237 e. The van der Waals surface area contributed by atoms with Crippen molar-refractivity contribution in [1.82, 2.24) is 14.8 Å². The van der Waals surface area contributed by atoms with Gasteiger partial charge in [0.1, 0.15) is 12.4 Å². The summed E-state index contributed by atoms with van der Waals surface area (Å²) >= 11 is 2.60. The summed E-state index contributed by atoms with van der Waals surface area (Å²) in [5.74, 6) is -0.776. The van der Waals surface area contributed by atoms with Crippen LogP contribution in [0.25, 0.3) is 10.7 Å². The first kappa shape index (κ1) is 19.1. The lowest BCUT2D eigenvalue weighted by Crippen LogP contribution is -2.24. The molecule has 3 rings (SSSR count). The zero-order chi connectivity index (χ0) is 19.4. The maximum atomic E-state index is 13.3. The fraction of sp³-hybridized carbons (Fsp3) is 0.176. The first-order valence-corrected chi connectivity index (χ1v) is 9.68. The Bertz CT molecular complexity index is 958. The molecule has 140 valence electrons. The predicted molar refractivity (Wildman–Crippen MR) is 103 cm³/mol. The van der Waals surface area contributed by atoms with E-state index >= 15 is 0 Å². The van der Waals surface area contributed by atoms with Crippen LogP contribution < -0.4 is 11.1 Å². The van der Waals surface area contributed by atoms with Crippen LogP contribution in [0, 0.1) is 5.82 Å². The number of thioether (sulfide) groups is 1. The second kappa shape index (κ2) is 8.31. The number of amides is 2. The molecule has 3 N–H and O–H groups in total. The number of hydrogen-bond acceptors (Lipinski definition) is 6. The number of nitrogens with two attached hydrogens (primary N) is 1. The van der Waals surface area contributed by atoms with E-state index in [-0.39, 0.29) is 12.5 Å². The normalized spacial score (nSPS) is 11.9. The third-order valence-electron chi connectivity index (χ3n) is 3.52. The number of carbonyl (C=O) groups is 2. The number of nitrogens with zero attached hydrogens (tertiary/aromatic N) is 3. The highest BCUT2D eigenvalue weighted by Gasteiger charge is 2.22. The van der Waals surface area contributed by atoms with E-state index < -0.39 is 17.0 Å². The summed E-state index contributed by atoms with van der Waals surface area (Å²) in [5.41, 5.74) is 5.71. The minimum atomic E-state index is -0.555. The second-order valence-corrected chi connectivity index (χ2v) is 7.85. The van der Waals surface area contributed by atoms with Crippen LogP contribution in [-0.2, 0) is 16.1 Å². The highest BCUT2D eigenvalue weighted by atomic mass is 32.2. The van der Waals surface area contributed by atoms with Crippen molar-refractivity contribution in [1.29, 1.82) is 0 Å². The number of hydrogen-bond donors (Lipinski definition) is 2. The van der Waals surface area contributed by atoms with Crippen molar-refractivity contribution in [2.45, 2.75) is 23.9 Å². The zero-order valence-corrected chi connectivity index (χ0v) is 15.9. The van der Waals surface area contributed by atoms with E-state index in [1.54, 1.807) is 17.6 Å². The van der Waals surface area contributed by atoms with Gasteiger partial charge in [0.25, 0.3) is 0 Å². The van der Waals surface area contributed by atoms with Crippen LogP contribution in [0.5, 0.6) is 0 Å². The van der Waals surface area contributed by atoms with Crippen molar-refractivity contribution in [3.63, 3.8) is 0 Å². The van der Waals surface area contributed by atoms with Crippen LogP contribution in [-0.4, -0.2) is 31.8 Å². The number of rotatable bonds is 7. The van der Waals surface area contributed by atoms with Gasteiger partial charge in [-0.05, 0) is 36.6 Å². The molecule has 0 saturated heterocycles. The summed E-state index contributed by atoms with van der Waals surface area (Å²) in [5, 5.41) is 12.6. The second-order valence-electron chi connectivity index (χ2n) is 5.60. The zero-order valence-electron chi connectivity index (χ0n) is 14.3. The average Bonchev–Trinajstić information content (AvgIpc) is 3.25. The Balaban J connectivity index is 1.77. The van der Waals surface area contributed by atoms with Crippen LogP contribution in [0.2, 0.25) is 0 Å². The predicted octanol–water partition coefficient (Wildman–Crippen LogP) is 2.75. The molecule has 2 heterocycles. The standard InChI is InChI=1S/C17H16FN5O2S2/c1-10(16(25)20-12-5-2-4-11(18)8-12)27-17-22-21-15(13-6-3-7-26-13)23(17)9-14(19)24/h2-8,10H,9H2,1H3,(H2,19,24)(H,20,25). The first-order chi connectivity index (χ1) is 12.9. The lowest BCUT2D eigenvalue weighted by atomic mass is 10.3. The van der Waals surface area contributed by atoms with Gasteiger partial charge in [0.05, 0.1) is 10.1 Å². The van der Waals surface area contributed by atoms with Gasteiger partial charge in [-0.2, -0.15) is 0 Å². The fourth-order valence-corrected chi connectivity index (χ4v) is 3.85. The molecule has 0 spiro atoms. The molecule has 0 fully saturated rings. The van der Waals surface area contributed by atoms with Crippen LogP contribution >= 0.6 is 23.1 Å². The molecule has 7 nitrogen and oxygen atoms in total.